The van der Waals surface area contributed by atoms with Crippen LogP contribution < -0.4 is 5.32 Å². The van der Waals surface area contributed by atoms with Gasteiger partial charge < -0.3 is 14.8 Å². The molecule has 16 heavy (non-hydrogen) atoms. The van der Waals surface area contributed by atoms with Gasteiger partial charge in [0.15, 0.2) is 6.29 Å². The minimum absolute atomic E-state index is 0.133. The Labute approximate surface area is 101 Å². The summed E-state index contributed by atoms with van der Waals surface area (Å²) >= 11 is 0. The molecule has 0 amide bonds. The molecule has 2 unspecified atom stereocenters. The van der Waals surface area contributed by atoms with Crippen LogP contribution in [0.25, 0.3) is 0 Å². The summed E-state index contributed by atoms with van der Waals surface area (Å²) in [4.78, 5) is 0. The summed E-state index contributed by atoms with van der Waals surface area (Å²) in [5, 5.41) is 3.51. The van der Waals surface area contributed by atoms with E-state index in [2.05, 4.69) is 26.1 Å². The highest BCUT2D eigenvalue weighted by Crippen LogP contribution is 2.16. The van der Waals surface area contributed by atoms with E-state index in [4.69, 9.17) is 9.47 Å². The second kappa shape index (κ2) is 10.1. The molecule has 0 bridgehead atoms. The van der Waals surface area contributed by atoms with Crippen LogP contribution in [0.1, 0.15) is 46.5 Å². The zero-order valence-corrected chi connectivity index (χ0v) is 11.6. The average molecular weight is 231 g/mol. The van der Waals surface area contributed by atoms with E-state index in [1.165, 1.54) is 12.8 Å². The van der Waals surface area contributed by atoms with E-state index in [0.29, 0.717) is 12.0 Å². The maximum Gasteiger partial charge on any atom is 0.171 e. The van der Waals surface area contributed by atoms with Gasteiger partial charge in [-0.15, -0.1) is 0 Å². The second-order valence-corrected chi connectivity index (χ2v) is 4.53. The Hall–Kier alpha value is -0.120. The van der Waals surface area contributed by atoms with Crippen molar-refractivity contribution >= 4 is 0 Å². The molecule has 1 N–H and O–H groups in total. The fraction of sp³-hybridized carbons (Fsp3) is 1.00. The predicted octanol–water partition coefficient (Wildman–Crippen LogP) is 2.80. The predicted molar refractivity (Wildman–Crippen MR) is 68.6 cm³/mol. The number of nitrogens with one attached hydrogen (secondary N) is 1. The Morgan fingerprint density at radius 3 is 2.12 bits per heavy atom. The largest absolute Gasteiger partial charge is 0.354 e. The molecule has 0 heterocycles. The summed E-state index contributed by atoms with van der Waals surface area (Å²) in [6.07, 6.45) is 4.63. The summed E-state index contributed by atoms with van der Waals surface area (Å²) < 4.78 is 10.7. The zero-order chi connectivity index (χ0) is 12.4. The monoisotopic (exact) mass is 231 g/mol. The van der Waals surface area contributed by atoms with Crippen molar-refractivity contribution in [2.45, 2.75) is 58.8 Å². The molecule has 0 aliphatic heterocycles. The van der Waals surface area contributed by atoms with Crippen molar-refractivity contribution in [2.75, 3.05) is 20.8 Å². The van der Waals surface area contributed by atoms with Gasteiger partial charge in [-0.05, 0) is 25.3 Å². The van der Waals surface area contributed by atoms with Crippen LogP contribution in [-0.2, 0) is 9.47 Å². The molecule has 0 spiro atoms. The van der Waals surface area contributed by atoms with Crippen molar-refractivity contribution in [3.8, 4) is 0 Å². The molecule has 0 rings (SSSR count). The molecule has 0 aromatic heterocycles. The summed E-state index contributed by atoms with van der Waals surface area (Å²) in [7, 11) is 3.42. The number of rotatable bonds is 10. The molecule has 0 saturated carbocycles. The SMILES string of the molecule is CCCNC(CC(C)CCC)C(OC)OC. The molecular formula is C13H29NO2. The zero-order valence-electron chi connectivity index (χ0n) is 11.6. The van der Waals surface area contributed by atoms with E-state index in [1.54, 1.807) is 14.2 Å². The van der Waals surface area contributed by atoms with Gasteiger partial charge in [-0.3, -0.25) is 0 Å². The molecule has 0 radical (unpaired) electrons. The quantitative estimate of drug-likeness (QED) is 0.586. The molecule has 0 aliphatic carbocycles. The van der Waals surface area contributed by atoms with Crippen LogP contribution in [0.2, 0.25) is 0 Å². The lowest BCUT2D eigenvalue weighted by Gasteiger charge is -2.28. The fourth-order valence-corrected chi connectivity index (χ4v) is 2.09. The Kier molecular flexibility index (Phi) is 9.99. The molecule has 0 aromatic rings. The van der Waals surface area contributed by atoms with E-state index in [-0.39, 0.29) is 6.29 Å². The maximum absolute atomic E-state index is 5.35. The van der Waals surface area contributed by atoms with E-state index in [0.717, 1.165) is 19.4 Å². The van der Waals surface area contributed by atoms with Gasteiger partial charge in [0.05, 0.1) is 6.04 Å². The first kappa shape index (κ1) is 15.9. The van der Waals surface area contributed by atoms with E-state index in [9.17, 15) is 0 Å². The van der Waals surface area contributed by atoms with Crippen molar-refractivity contribution in [3.05, 3.63) is 0 Å². The van der Waals surface area contributed by atoms with Crippen LogP contribution >= 0.6 is 0 Å². The van der Waals surface area contributed by atoms with Crippen molar-refractivity contribution in [2.24, 2.45) is 5.92 Å². The lowest BCUT2D eigenvalue weighted by Crippen LogP contribution is -2.43. The summed E-state index contributed by atoms with van der Waals surface area (Å²) in [5.74, 6) is 0.715. The summed E-state index contributed by atoms with van der Waals surface area (Å²) in [6.45, 7) is 7.72. The third-order valence-corrected chi connectivity index (χ3v) is 2.89. The molecule has 3 heteroatoms. The molecule has 0 aromatic carbocycles. The summed E-state index contributed by atoms with van der Waals surface area (Å²) in [5.41, 5.74) is 0. The molecule has 3 nitrogen and oxygen atoms in total. The van der Waals surface area contributed by atoms with Crippen LogP contribution in [0.3, 0.4) is 0 Å². The minimum atomic E-state index is -0.133. The minimum Gasteiger partial charge on any atom is -0.354 e. The molecular weight excluding hydrogens is 202 g/mol. The first-order chi connectivity index (χ1) is 7.69. The van der Waals surface area contributed by atoms with Crippen LogP contribution in [0.5, 0.6) is 0 Å². The Balaban J connectivity index is 4.17. The first-order valence-electron chi connectivity index (χ1n) is 6.48. The van der Waals surface area contributed by atoms with Crippen molar-refractivity contribution in [3.63, 3.8) is 0 Å². The third-order valence-electron chi connectivity index (χ3n) is 2.89. The van der Waals surface area contributed by atoms with Crippen LogP contribution in [0.4, 0.5) is 0 Å². The van der Waals surface area contributed by atoms with Crippen LogP contribution in [0, 0.1) is 5.92 Å². The number of hydrogen-bond donors (Lipinski definition) is 1. The highest BCUT2D eigenvalue weighted by Gasteiger charge is 2.22. The Bertz CT molecular complexity index is 149. The van der Waals surface area contributed by atoms with Gasteiger partial charge >= 0.3 is 0 Å². The lowest BCUT2D eigenvalue weighted by molar-refractivity contribution is -0.126. The standard InChI is InChI=1S/C13H29NO2/c1-6-8-11(3)10-12(14-9-7-2)13(15-4)16-5/h11-14H,6-10H2,1-5H3. The first-order valence-corrected chi connectivity index (χ1v) is 6.48. The Morgan fingerprint density at radius 2 is 1.69 bits per heavy atom. The topological polar surface area (TPSA) is 30.5 Å². The molecule has 98 valence electrons. The van der Waals surface area contributed by atoms with Gasteiger partial charge in [0.2, 0.25) is 0 Å². The Morgan fingerprint density at radius 1 is 1.06 bits per heavy atom. The van der Waals surface area contributed by atoms with Gasteiger partial charge in [0.25, 0.3) is 0 Å². The number of methoxy groups -OCH3 is 2. The molecule has 2 atom stereocenters. The van der Waals surface area contributed by atoms with Gasteiger partial charge in [0.1, 0.15) is 0 Å². The van der Waals surface area contributed by atoms with Gasteiger partial charge in [0, 0.05) is 14.2 Å². The number of ether oxygens (including phenoxy) is 2. The lowest BCUT2D eigenvalue weighted by atomic mass is 9.97. The van der Waals surface area contributed by atoms with Crippen molar-refractivity contribution in [1.29, 1.82) is 0 Å². The second-order valence-electron chi connectivity index (χ2n) is 4.53. The normalized spacial score (nSPS) is 15.4. The van der Waals surface area contributed by atoms with Crippen molar-refractivity contribution < 1.29 is 9.47 Å². The molecule has 0 aliphatic rings. The van der Waals surface area contributed by atoms with E-state index < -0.39 is 0 Å². The fourth-order valence-electron chi connectivity index (χ4n) is 2.09. The maximum atomic E-state index is 5.35. The van der Waals surface area contributed by atoms with Gasteiger partial charge in [-0.2, -0.15) is 0 Å². The van der Waals surface area contributed by atoms with Crippen molar-refractivity contribution in [1.82, 2.24) is 5.32 Å². The number of hydrogen-bond acceptors (Lipinski definition) is 3. The van der Waals surface area contributed by atoms with Gasteiger partial charge in [-0.25, -0.2) is 0 Å². The molecule has 0 fully saturated rings. The van der Waals surface area contributed by atoms with E-state index >= 15 is 0 Å². The summed E-state index contributed by atoms with van der Waals surface area (Å²) in [6, 6.07) is 0.302. The highest BCUT2D eigenvalue weighted by atomic mass is 16.7. The van der Waals surface area contributed by atoms with E-state index in [1.807, 2.05) is 0 Å². The van der Waals surface area contributed by atoms with Crippen LogP contribution in [-0.4, -0.2) is 33.1 Å². The average Bonchev–Trinajstić information content (AvgIpc) is 2.27. The smallest absolute Gasteiger partial charge is 0.171 e. The van der Waals surface area contributed by atoms with Crippen LogP contribution in [0.15, 0.2) is 0 Å². The third kappa shape index (κ3) is 6.46. The molecule has 0 saturated heterocycles. The van der Waals surface area contributed by atoms with Gasteiger partial charge in [-0.1, -0.05) is 33.6 Å². The highest BCUT2D eigenvalue weighted by molar-refractivity contribution is 4.73.